The minimum absolute atomic E-state index is 0.256. The van der Waals surface area contributed by atoms with Crippen molar-refractivity contribution in [2.24, 2.45) is 0 Å². The van der Waals surface area contributed by atoms with E-state index >= 15 is 0 Å². The van der Waals surface area contributed by atoms with Crippen molar-refractivity contribution in [1.82, 2.24) is 20.1 Å². The van der Waals surface area contributed by atoms with Gasteiger partial charge in [-0.15, -0.1) is 5.10 Å². The van der Waals surface area contributed by atoms with Gasteiger partial charge in [0.25, 0.3) is 0 Å². The topological polar surface area (TPSA) is 83.5 Å². The smallest absolute Gasteiger partial charge is 0.409 e. The average Bonchev–Trinajstić information content (AvgIpc) is 2.68. The molecule has 0 unspecified atom stereocenters. The first-order chi connectivity index (χ1) is 12.3. The van der Waals surface area contributed by atoms with Crippen molar-refractivity contribution in [3.63, 3.8) is 0 Å². The molecule has 1 aliphatic heterocycles. The molecular weight excluding hydrogens is 320 g/mol. The largest absolute Gasteiger partial charge is 0.450 e. The number of aromatic nitrogens is 3. The molecule has 0 aliphatic carbocycles. The second-order valence-electron chi connectivity index (χ2n) is 5.65. The first-order valence-electron chi connectivity index (χ1n) is 8.40. The molecule has 0 bridgehead atoms. The Morgan fingerprint density at radius 2 is 1.96 bits per heavy atom. The standard InChI is InChI=1S/C17H22N6O2/c1-2-25-17(24)23-10-8-22(9-11-23)15-13-19-21-16(20-15)18-12-14-6-4-3-5-7-14/h3-7,13H,2,8-12H2,1H3,(H,18,20,21). The van der Waals surface area contributed by atoms with Gasteiger partial charge in [-0.3, -0.25) is 0 Å². The third-order valence-electron chi connectivity index (χ3n) is 3.97. The molecule has 0 atom stereocenters. The Balaban J connectivity index is 1.56. The van der Waals surface area contributed by atoms with Crippen LogP contribution in [0.1, 0.15) is 12.5 Å². The van der Waals surface area contributed by atoms with E-state index in [1.54, 1.807) is 11.1 Å². The number of amides is 1. The maximum atomic E-state index is 11.8. The first kappa shape index (κ1) is 16.9. The fourth-order valence-corrected chi connectivity index (χ4v) is 2.63. The molecule has 3 rings (SSSR count). The van der Waals surface area contributed by atoms with Gasteiger partial charge in [0.05, 0.1) is 12.8 Å². The molecule has 8 nitrogen and oxygen atoms in total. The normalized spacial score (nSPS) is 14.3. The number of carbonyl (C=O) groups is 1. The fourth-order valence-electron chi connectivity index (χ4n) is 2.63. The molecule has 1 aliphatic rings. The van der Waals surface area contributed by atoms with Gasteiger partial charge in [-0.25, -0.2) is 4.79 Å². The molecule has 2 aromatic rings. The molecule has 2 heterocycles. The lowest BCUT2D eigenvalue weighted by Gasteiger charge is -2.34. The van der Waals surface area contributed by atoms with E-state index in [1.165, 1.54) is 0 Å². The average molecular weight is 342 g/mol. The minimum Gasteiger partial charge on any atom is -0.450 e. The predicted molar refractivity (Wildman–Crippen MR) is 94.4 cm³/mol. The lowest BCUT2D eigenvalue weighted by Crippen LogP contribution is -2.49. The highest BCUT2D eigenvalue weighted by Crippen LogP contribution is 2.14. The molecule has 132 valence electrons. The van der Waals surface area contributed by atoms with Crippen LogP contribution >= 0.6 is 0 Å². The zero-order valence-corrected chi connectivity index (χ0v) is 14.3. The van der Waals surface area contributed by atoms with E-state index in [-0.39, 0.29) is 6.09 Å². The third-order valence-corrected chi connectivity index (χ3v) is 3.97. The van der Waals surface area contributed by atoms with E-state index in [0.29, 0.717) is 45.3 Å². The van der Waals surface area contributed by atoms with Gasteiger partial charge in [0.1, 0.15) is 0 Å². The summed E-state index contributed by atoms with van der Waals surface area (Å²) in [5.41, 5.74) is 1.15. The maximum absolute atomic E-state index is 11.8. The van der Waals surface area contributed by atoms with Crippen LogP contribution in [0.25, 0.3) is 0 Å². The molecule has 0 spiro atoms. The zero-order chi connectivity index (χ0) is 17.5. The van der Waals surface area contributed by atoms with E-state index in [4.69, 9.17) is 4.74 Å². The number of carbonyl (C=O) groups excluding carboxylic acids is 1. The molecule has 1 fully saturated rings. The van der Waals surface area contributed by atoms with Crippen molar-refractivity contribution in [2.75, 3.05) is 43.0 Å². The second kappa shape index (κ2) is 8.27. The number of ether oxygens (including phenoxy) is 1. The molecule has 8 heteroatoms. The summed E-state index contributed by atoms with van der Waals surface area (Å²) >= 11 is 0. The molecule has 1 amide bonds. The van der Waals surface area contributed by atoms with Crippen molar-refractivity contribution < 1.29 is 9.53 Å². The summed E-state index contributed by atoms with van der Waals surface area (Å²) in [5.74, 6) is 1.25. The fraction of sp³-hybridized carbons (Fsp3) is 0.412. The summed E-state index contributed by atoms with van der Waals surface area (Å²) in [5, 5.41) is 11.3. The Labute approximate surface area is 146 Å². The Kier molecular flexibility index (Phi) is 5.61. The van der Waals surface area contributed by atoms with Crippen LogP contribution in [0.4, 0.5) is 16.6 Å². The summed E-state index contributed by atoms with van der Waals surface area (Å²) < 4.78 is 5.04. The number of rotatable bonds is 5. The van der Waals surface area contributed by atoms with E-state index in [0.717, 1.165) is 11.4 Å². The van der Waals surface area contributed by atoms with E-state index in [1.807, 2.05) is 37.3 Å². The van der Waals surface area contributed by atoms with Crippen LogP contribution in [0.2, 0.25) is 0 Å². The van der Waals surface area contributed by atoms with E-state index < -0.39 is 0 Å². The van der Waals surface area contributed by atoms with Crippen molar-refractivity contribution in [2.45, 2.75) is 13.5 Å². The zero-order valence-electron chi connectivity index (χ0n) is 14.3. The minimum atomic E-state index is -0.256. The summed E-state index contributed by atoms with van der Waals surface area (Å²) in [7, 11) is 0. The van der Waals surface area contributed by atoms with Crippen LogP contribution in [0.3, 0.4) is 0 Å². The number of nitrogens with zero attached hydrogens (tertiary/aromatic N) is 5. The monoisotopic (exact) mass is 342 g/mol. The van der Waals surface area contributed by atoms with E-state index in [2.05, 4.69) is 25.4 Å². The van der Waals surface area contributed by atoms with E-state index in [9.17, 15) is 4.79 Å². The van der Waals surface area contributed by atoms with Crippen LogP contribution < -0.4 is 10.2 Å². The third kappa shape index (κ3) is 4.56. The highest BCUT2D eigenvalue weighted by molar-refractivity contribution is 5.68. The maximum Gasteiger partial charge on any atom is 0.409 e. The number of anilines is 2. The van der Waals surface area contributed by atoms with Gasteiger partial charge in [-0.05, 0) is 12.5 Å². The molecule has 25 heavy (non-hydrogen) atoms. The molecule has 1 N–H and O–H groups in total. The summed E-state index contributed by atoms with van der Waals surface area (Å²) in [6.07, 6.45) is 1.39. The van der Waals surface area contributed by atoms with Crippen molar-refractivity contribution >= 4 is 17.9 Å². The molecule has 0 saturated carbocycles. The number of benzene rings is 1. The van der Waals surface area contributed by atoms with Gasteiger partial charge in [-0.1, -0.05) is 30.3 Å². The predicted octanol–water partition coefficient (Wildman–Crippen LogP) is 1.76. The molecule has 1 aromatic carbocycles. The molecular formula is C17H22N6O2. The van der Waals surface area contributed by atoms with Gasteiger partial charge in [0.2, 0.25) is 5.95 Å². The quantitative estimate of drug-likeness (QED) is 0.886. The number of hydrogen-bond acceptors (Lipinski definition) is 7. The van der Waals surface area contributed by atoms with Gasteiger partial charge >= 0.3 is 6.09 Å². The van der Waals surface area contributed by atoms with Crippen LogP contribution in [0.15, 0.2) is 36.5 Å². The summed E-state index contributed by atoms with van der Waals surface area (Å²) in [6, 6.07) is 10.1. The van der Waals surface area contributed by atoms with Crippen molar-refractivity contribution in [1.29, 1.82) is 0 Å². The molecule has 1 saturated heterocycles. The lowest BCUT2D eigenvalue weighted by atomic mass is 10.2. The van der Waals surface area contributed by atoms with Crippen molar-refractivity contribution in [3.05, 3.63) is 42.1 Å². The van der Waals surface area contributed by atoms with Gasteiger partial charge in [-0.2, -0.15) is 10.1 Å². The Bertz CT molecular complexity index is 689. The van der Waals surface area contributed by atoms with Crippen LogP contribution in [-0.2, 0) is 11.3 Å². The Hall–Kier alpha value is -2.90. The summed E-state index contributed by atoms with van der Waals surface area (Å²) in [6.45, 7) is 5.44. The van der Waals surface area contributed by atoms with Gasteiger partial charge < -0.3 is 19.9 Å². The second-order valence-corrected chi connectivity index (χ2v) is 5.65. The van der Waals surface area contributed by atoms with Crippen LogP contribution in [0.5, 0.6) is 0 Å². The number of hydrogen-bond donors (Lipinski definition) is 1. The Morgan fingerprint density at radius 1 is 1.20 bits per heavy atom. The lowest BCUT2D eigenvalue weighted by molar-refractivity contribution is 0.105. The highest BCUT2D eigenvalue weighted by Gasteiger charge is 2.23. The van der Waals surface area contributed by atoms with Gasteiger partial charge in [0, 0.05) is 32.7 Å². The first-order valence-corrected chi connectivity index (χ1v) is 8.40. The summed E-state index contributed by atoms with van der Waals surface area (Å²) in [4.78, 5) is 20.1. The SMILES string of the molecule is CCOC(=O)N1CCN(c2cnnc(NCc3ccccc3)n2)CC1. The van der Waals surface area contributed by atoms with Crippen LogP contribution in [-0.4, -0.2) is 59.0 Å². The molecule has 1 aromatic heterocycles. The molecule has 0 radical (unpaired) electrons. The van der Waals surface area contributed by atoms with Gasteiger partial charge in [0.15, 0.2) is 5.82 Å². The Morgan fingerprint density at radius 3 is 2.68 bits per heavy atom. The number of piperazine rings is 1. The number of nitrogens with one attached hydrogen (secondary N) is 1. The highest BCUT2D eigenvalue weighted by atomic mass is 16.6. The van der Waals surface area contributed by atoms with Crippen molar-refractivity contribution in [3.8, 4) is 0 Å². The van der Waals surface area contributed by atoms with Crippen LogP contribution in [0, 0.1) is 0 Å².